The second-order valence-electron chi connectivity index (χ2n) is 4.88. The Morgan fingerprint density at radius 2 is 2.16 bits per heavy atom. The Kier molecular flexibility index (Phi) is 4.46. The minimum atomic E-state index is -3.59. The van der Waals surface area contributed by atoms with Crippen molar-refractivity contribution >= 4 is 18.5 Å². The highest BCUT2D eigenvalue weighted by atomic mass is 31.2. The number of rotatable bonds is 6. The van der Waals surface area contributed by atoms with Gasteiger partial charge in [-0.25, -0.2) is 0 Å². The van der Waals surface area contributed by atoms with Crippen LogP contribution in [-0.2, 0) is 15.3 Å². The molecule has 2 unspecified atom stereocenters. The van der Waals surface area contributed by atoms with Crippen molar-refractivity contribution in [2.24, 2.45) is 0 Å². The molecule has 0 radical (unpaired) electrons. The molecule has 2 N–H and O–H groups in total. The van der Waals surface area contributed by atoms with Gasteiger partial charge in [0, 0.05) is 11.2 Å². The standard InChI is InChI=1S/C14H20NO3P/c1-3-6-11(2)18-19(16,17)10-13-9-12-7-4-5-8-14(12)15-13/h4-5,7-9,11,15H,3,6,10H2,1-2H3,(H,16,17). The SMILES string of the molecule is CCCC(C)OP(=O)(O)Cc1cc2ccccc2[nH]1. The van der Waals surface area contributed by atoms with Crippen LogP contribution in [0.4, 0.5) is 0 Å². The average Bonchev–Trinajstić information content (AvgIpc) is 2.69. The summed E-state index contributed by atoms with van der Waals surface area (Å²) in [4.78, 5) is 13.0. The molecule has 0 aliphatic heterocycles. The van der Waals surface area contributed by atoms with Gasteiger partial charge in [-0.15, -0.1) is 0 Å². The molecular formula is C14H20NO3P. The van der Waals surface area contributed by atoms with Crippen molar-refractivity contribution in [3.63, 3.8) is 0 Å². The second-order valence-corrected chi connectivity index (χ2v) is 6.68. The molecule has 0 bridgehead atoms. The van der Waals surface area contributed by atoms with E-state index in [9.17, 15) is 9.46 Å². The number of benzene rings is 1. The van der Waals surface area contributed by atoms with Gasteiger partial charge in [-0.05, 0) is 30.9 Å². The summed E-state index contributed by atoms with van der Waals surface area (Å²) >= 11 is 0. The van der Waals surface area contributed by atoms with E-state index in [4.69, 9.17) is 4.52 Å². The highest BCUT2D eigenvalue weighted by Crippen LogP contribution is 2.47. The summed E-state index contributed by atoms with van der Waals surface area (Å²) in [5.41, 5.74) is 1.70. The van der Waals surface area contributed by atoms with Crippen LogP contribution in [0.25, 0.3) is 10.9 Å². The zero-order valence-corrected chi connectivity index (χ0v) is 12.2. The zero-order chi connectivity index (χ0) is 13.9. The minimum Gasteiger partial charge on any atom is -0.358 e. The Morgan fingerprint density at radius 3 is 2.84 bits per heavy atom. The lowest BCUT2D eigenvalue weighted by molar-refractivity contribution is 0.179. The number of nitrogens with one attached hydrogen (secondary N) is 1. The molecule has 104 valence electrons. The molecule has 0 amide bonds. The molecular weight excluding hydrogens is 261 g/mol. The maximum atomic E-state index is 12.1. The Hall–Kier alpha value is -1.09. The van der Waals surface area contributed by atoms with Crippen LogP contribution in [0.3, 0.4) is 0 Å². The molecule has 2 rings (SSSR count). The summed E-state index contributed by atoms with van der Waals surface area (Å²) in [7, 11) is -3.59. The summed E-state index contributed by atoms with van der Waals surface area (Å²) in [5, 5.41) is 1.04. The van der Waals surface area contributed by atoms with Gasteiger partial charge in [0.1, 0.15) is 0 Å². The average molecular weight is 281 g/mol. The Bertz CT molecular complexity index is 560. The predicted molar refractivity (Wildman–Crippen MR) is 77.3 cm³/mol. The molecule has 5 heteroatoms. The van der Waals surface area contributed by atoms with Crippen LogP contribution in [-0.4, -0.2) is 16.0 Å². The first-order valence-corrected chi connectivity index (χ1v) is 8.33. The van der Waals surface area contributed by atoms with Gasteiger partial charge in [-0.3, -0.25) is 4.57 Å². The van der Waals surface area contributed by atoms with E-state index < -0.39 is 7.60 Å². The lowest BCUT2D eigenvalue weighted by Gasteiger charge is -2.16. The van der Waals surface area contributed by atoms with Gasteiger partial charge in [0.25, 0.3) is 0 Å². The largest absolute Gasteiger partial charge is 0.358 e. The third-order valence-electron chi connectivity index (χ3n) is 3.00. The Morgan fingerprint density at radius 1 is 1.42 bits per heavy atom. The maximum absolute atomic E-state index is 12.1. The van der Waals surface area contributed by atoms with E-state index in [1.165, 1.54) is 0 Å². The molecule has 1 heterocycles. The fourth-order valence-corrected chi connectivity index (χ4v) is 3.55. The van der Waals surface area contributed by atoms with Crippen LogP contribution < -0.4 is 0 Å². The van der Waals surface area contributed by atoms with Gasteiger partial charge in [-0.1, -0.05) is 31.5 Å². The molecule has 2 atom stereocenters. The molecule has 19 heavy (non-hydrogen) atoms. The summed E-state index contributed by atoms with van der Waals surface area (Å²) in [6, 6.07) is 9.69. The number of para-hydroxylation sites is 1. The Labute approximate surface area is 113 Å². The number of aromatic nitrogens is 1. The molecule has 0 fully saturated rings. The maximum Gasteiger partial charge on any atom is 0.334 e. The van der Waals surface area contributed by atoms with Gasteiger partial charge in [0.2, 0.25) is 0 Å². The first-order chi connectivity index (χ1) is 9.00. The van der Waals surface area contributed by atoms with E-state index in [2.05, 4.69) is 4.98 Å². The fourth-order valence-electron chi connectivity index (χ4n) is 2.21. The fraction of sp³-hybridized carbons (Fsp3) is 0.429. The van der Waals surface area contributed by atoms with Crippen molar-refractivity contribution in [1.29, 1.82) is 0 Å². The number of H-pyrrole nitrogens is 1. The smallest absolute Gasteiger partial charge is 0.334 e. The molecule has 2 aromatic rings. The van der Waals surface area contributed by atoms with Crippen LogP contribution in [0.15, 0.2) is 30.3 Å². The molecule has 4 nitrogen and oxygen atoms in total. The van der Waals surface area contributed by atoms with Crippen molar-refractivity contribution in [2.45, 2.75) is 39.0 Å². The van der Waals surface area contributed by atoms with Crippen molar-refractivity contribution in [1.82, 2.24) is 4.98 Å². The molecule has 0 spiro atoms. The lowest BCUT2D eigenvalue weighted by Crippen LogP contribution is -2.06. The third-order valence-corrected chi connectivity index (χ3v) is 4.43. The molecule has 0 saturated carbocycles. The van der Waals surface area contributed by atoms with Crippen LogP contribution in [0.5, 0.6) is 0 Å². The summed E-state index contributed by atoms with van der Waals surface area (Å²) in [6.07, 6.45) is 1.56. The van der Waals surface area contributed by atoms with Crippen LogP contribution in [0.2, 0.25) is 0 Å². The van der Waals surface area contributed by atoms with Crippen LogP contribution in [0, 0.1) is 0 Å². The van der Waals surface area contributed by atoms with Gasteiger partial charge in [-0.2, -0.15) is 0 Å². The molecule has 0 saturated heterocycles. The third kappa shape index (κ3) is 3.93. The quantitative estimate of drug-likeness (QED) is 0.785. The van der Waals surface area contributed by atoms with Crippen molar-refractivity contribution in [2.75, 3.05) is 0 Å². The van der Waals surface area contributed by atoms with E-state index in [1.807, 2.05) is 44.2 Å². The first-order valence-electron chi connectivity index (χ1n) is 6.57. The van der Waals surface area contributed by atoms with Crippen molar-refractivity contribution in [3.8, 4) is 0 Å². The van der Waals surface area contributed by atoms with E-state index in [0.29, 0.717) is 0 Å². The van der Waals surface area contributed by atoms with Gasteiger partial charge in [0.05, 0.1) is 12.3 Å². The van der Waals surface area contributed by atoms with E-state index in [0.717, 1.165) is 29.4 Å². The Balaban J connectivity index is 2.08. The van der Waals surface area contributed by atoms with Crippen molar-refractivity contribution < 1.29 is 14.0 Å². The summed E-state index contributed by atoms with van der Waals surface area (Å²) in [6.45, 7) is 3.86. The highest BCUT2D eigenvalue weighted by molar-refractivity contribution is 7.51. The molecule has 0 aliphatic rings. The number of fused-ring (bicyclic) bond motifs is 1. The van der Waals surface area contributed by atoms with Crippen LogP contribution in [0.1, 0.15) is 32.4 Å². The van der Waals surface area contributed by atoms with E-state index >= 15 is 0 Å². The molecule has 0 aliphatic carbocycles. The zero-order valence-electron chi connectivity index (χ0n) is 11.3. The number of hydrogen-bond acceptors (Lipinski definition) is 2. The molecule has 1 aromatic heterocycles. The number of hydrogen-bond donors (Lipinski definition) is 2. The lowest BCUT2D eigenvalue weighted by atomic mass is 10.2. The molecule has 1 aromatic carbocycles. The first kappa shape index (κ1) is 14.3. The topological polar surface area (TPSA) is 62.3 Å². The second kappa shape index (κ2) is 5.91. The minimum absolute atomic E-state index is 0.0235. The van der Waals surface area contributed by atoms with Crippen LogP contribution >= 0.6 is 7.60 Å². The summed E-state index contributed by atoms with van der Waals surface area (Å²) in [5.74, 6) is 0. The monoisotopic (exact) mass is 281 g/mol. The normalized spacial score (nSPS) is 16.4. The van der Waals surface area contributed by atoms with E-state index in [-0.39, 0.29) is 12.3 Å². The van der Waals surface area contributed by atoms with Gasteiger partial charge < -0.3 is 14.4 Å². The number of aromatic amines is 1. The van der Waals surface area contributed by atoms with Gasteiger partial charge in [0.15, 0.2) is 0 Å². The highest BCUT2D eigenvalue weighted by Gasteiger charge is 2.23. The predicted octanol–water partition coefficient (Wildman–Crippen LogP) is 4.06. The van der Waals surface area contributed by atoms with Gasteiger partial charge >= 0.3 is 7.60 Å². The van der Waals surface area contributed by atoms with E-state index in [1.54, 1.807) is 0 Å². The van der Waals surface area contributed by atoms with Crippen molar-refractivity contribution in [3.05, 3.63) is 36.0 Å². The summed E-state index contributed by atoms with van der Waals surface area (Å²) < 4.78 is 17.3.